The van der Waals surface area contributed by atoms with Crippen LogP contribution < -0.4 is 10.6 Å². The number of nitrogens with zero attached hydrogens (tertiary/aromatic N) is 3. The Morgan fingerprint density at radius 1 is 1.22 bits per heavy atom. The average Bonchev–Trinajstić information content (AvgIpc) is 3.07. The molecule has 7 heteroatoms. The van der Waals surface area contributed by atoms with Crippen molar-refractivity contribution in [2.45, 2.75) is 44.7 Å². The van der Waals surface area contributed by atoms with Gasteiger partial charge in [-0.2, -0.15) is 0 Å². The van der Waals surface area contributed by atoms with Gasteiger partial charge in [-0.1, -0.05) is 24.3 Å². The van der Waals surface area contributed by atoms with Gasteiger partial charge in [-0.15, -0.1) is 0 Å². The highest BCUT2D eigenvalue weighted by atomic mass is 32.2. The third-order valence-corrected chi connectivity index (χ3v) is 6.56. The van der Waals surface area contributed by atoms with Gasteiger partial charge in [0, 0.05) is 41.7 Å². The van der Waals surface area contributed by atoms with Crippen LogP contribution in [0, 0.1) is 0 Å². The normalized spacial score (nSPS) is 20.3. The number of hydrogen-bond donors (Lipinski definition) is 1. The summed E-state index contributed by atoms with van der Waals surface area (Å²) in [6.45, 7) is 3.22. The molecule has 4 rings (SSSR count). The van der Waals surface area contributed by atoms with Crippen LogP contribution in [0.2, 0.25) is 0 Å². The maximum Gasteiger partial charge on any atom is 0.226 e. The molecule has 1 aromatic carbocycles. The molecule has 1 fully saturated rings. The predicted molar refractivity (Wildman–Crippen MR) is 108 cm³/mol. The molecule has 1 saturated heterocycles. The number of rotatable bonds is 5. The number of hydrogen-bond acceptors (Lipinski definition) is 6. The largest absolute Gasteiger partial charge is 0.338 e. The molecule has 144 valence electrons. The summed E-state index contributed by atoms with van der Waals surface area (Å²) in [5.74, 6) is 0.786. The number of nitrogens with two attached hydrogens (primary N) is 1. The molecular weight excluding hydrogens is 360 g/mol. The number of anilines is 1. The van der Waals surface area contributed by atoms with Crippen LogP contribution in [0.3, 0.4) is 0 Å². The van der Waals surface area contributed by atoms with Crippen molar-refractivity contribution in [1.82, 2.24) is 9.97 Å². The van der Waals surface area contributed by atoms with Crippen LogP contribution in [0.4, 0.5) is 5.95 Å². The standard InChI is InChI=1S/C20H26N4O2S/c1-13-10-11-24(13)20-22-18-5-3-4-16(18)19(23-20)15-8-6-14(7-9-15)17(21)12-27(2,25)26/h6-9,13,17H,3-5,10-12,21H2,1-2H3/t13-,17?/m0/s1. The van der Waals surface area contributed by atoms with E-state index in [0.717, 1.165) is 48.6 Å². The van der Waals surface area contributed by atoms with E-state index in [1.54, 1.807) is 0 Å². The minimum absolute atomic E-state index is 0.0494. The van der Waals surface area contributed by atoms with Crippen LogP contribution >= 0.6 is 0 Å². The van der Waals surface area contributed by atoms with Crippen molar-refractivity contribution in [2.75, 3.05) is 23.5 Å². The van der Waals surface area contributed by atoms with E-state index in [4.69, 9.17) is 15.7 Å². The SMILES string of the molecule is C[C@H]1CCN1c1nc2c(c(-c3ccc(C(N)CS(C)(=O)=O)cc3)n1)CCC2. The summed E-state index contributed by atoms with van der Waals surface area (Å²) in [6.07, 6.45) is 5.53. The van der Waals surface area contributed by atoms with Crippen molar-refractivity contribution in [1.29, 1.82) is 0 Å². The molecule has 0 amide bonds. The van der Waals surface area contributed by atoms with E-state index in [-0.39, 0.29) is 5.75 Å². The van der Waals surface area contributed by atoms with Gasteiger partial charge < -0.3 is 10.6 Å². The Morgan fingerprint density at radius 2 is 1.96 bits per heavy atom. The molecule has 0 spiro atoms. The number of aryl methyl sites for hydroxylation is 1. The van der Waals surface area contributed by atoms with E-state index >= 15 is 0 Å². The molecule has 1 unspecified atom stereocenters. The second kappa shape index (κ2) is 6.87. The molecule has 0 saturated carbocycles. The molecule has 6 nitrogen and oxygen atoms in total. The predicted octanol–water partition coefficient (Wildman–Crippen LogP) is 2.28. The van der Waals surface area contributed by atoms with Gasteiger partial charge >= 0.3 is 0 Å². The maximum absolute atomic E-state index is 11.5. The molecule has 0 radical (unpaired) electrons. The van der Waals surface area contributed by atoms with Crippen molar-refractivity contribution < 1.29 is 8.42 Å². The number of sulfone groups is 1. The van der Waals surface area contributed by atoms with Gasteiger partial charge in [0.25, 0.3) is 0 Å². The fraction of sp³-hybridized carbons (Fsp3) is 0.500. The molecule has 1 aliphatic carbocycles. The van der Waals surface area contributed by atoms with Gasteiger partial charge in [-0.25, -0.2) is 18.4 Å². The van der Waals surface area contributed by atoms with Crippen molar-refractivity contribution in [3.8, 4) is 11.3 Å². The molecule has 2 aromatic rings. The van der Waals surface area contributed by atoms with Crippen LogP contribution in [0.5, 0.6) is 0 Å². The highest BCUT2D eigenvalue weighted by Crippen LogP contribution is 2.34. The van der Waals surface area contributed by atoms with Crippen molar-refractivity contribution in [2.24, 2.45) is 5.73 Å². The van der Waals surface area contributed by atoms with E-state index in [2.05, 4.69) is 11.8 Å². The van der Waals surface area contributed by atoms with Crippen molar-refractivity contribution in [3.63, 3.8) is 0 Å². The first-order valence-corrected chi connectivity index (χ1v) is 11.6. The third-order valence-electron chi connectivity index (χ3n) is 5.59. The summed E-state index contributed by atoms with van der Waals surface area (Å²) in [5.41, 5.74) is 11.4. The minimum Gasteiger partial charge on any atom is -0.338 e. The number of fused-ring (bicyclic) bond motifs is 1. The number of aromatic nitrogens is 2. The lowest BCUT2D eigenvalue weighted by atomic mass is 10.0. The summed E-state index contributed by atoms with van der Waals surface area (Å²) in [4.78, 5) is 12.0. The Hall–Kier alpha value is -1.99. The van der Waals surface area contributed by atoms with Crippen LogP contribution in [0.15, 0.2) is 24.3 Å². The van der Waals surface area contributed by atoms with Crippen molar-refractivity contribution in [3.05, 3.63) is 41.1 Å². The zero-order valence-corrected chi connectivity index (χ0v) is 16.7. The third kappa shape index (κ3) is 3.71. The first-order chi connectivity index (χ1) is 12.8. The van der Waals surface area contributed by atoms with E-state index in [1.165, 1.54) is 23.9 Å². The van der Waals surface area contributed by atoms with Crippen molar-refractivity contribution >= 4 is 15.8 Å². The monoisotopic (exact) mass is 386 g/mol. The summed E-state index contributed by atoms with van der Waals surface area (Å²) in [7, 11) is -3.11. The van der Waals surface area contributed by atoms with E-state index in [1.807, 2.05) is 24.3 Å². The first-order valence-electron chi connectivity index (χ1n) is 9.52. The molecule has 27 heavy (non-hydrogen) atoms. The fourth-order valence-electron chi connectivity index (χ4n) is 3.91. The topological polar surface area (TPSA) is 89.2 Å². The maximum atomic E-state index is 11.5. The highest BCUT2D eigenvalue weighted by Gasteiger charge is 2.29. The minimum atomic E-state index is -3.11. The second-order valence-corrected chi connectivity index (χ2v) is 9.99. The van der Waals surface area contributed by atoms with E-state index in [0.29, 0.717) is 6.04 Å². The average molecular weight is 387 g/mol. The smallest absolute Gasteiger partial charge is 0.226 e. The second-order valence-electron chi connectivity index (χ2n) is 7.80. The molecule has 1 aromatic heterocycles. The Labute approximate surface area is 160 Å². The van der Waals surface area contributed by atoms with Gasteiger partial charge in [-0.3, -0.25) is 0 Å². The van der Waals surface area contributed by atoms with Crippen LogP contribution in [0.25, 0.3) is 11.3 Å². The van der Waals surface area contributed by atoms with Gasteiger partial charge in [0.05, 0.1) is 11.4 Å². The van der Waals surface area contributed by atoms with E-state index in [9.17, 15) is 8.42 Å². The summed E-state index contributed by atoms with van der Waals surface area (Å²) in [5, 5.41) is 0. The molecular formula is C20H26N4O2S. The molecule has 0 bridgehead atoms. The zero-order chi connectivity index (χ0) is 19.2. The quantitative estimate of drug-likeness (QED) is 0.848. The molecule has 2 heterocycles. The Morgan fingerprint density at radius 3 is 2.56 bits per heavy atom. The van der Waals surface area contributed by atoms with Gasteiger partial charge in [0.15, 0.2) is 0 Å². The Kier molecular flexibility index (Phi) is 4.68. The molecule has 2 aliphatic rings. The fourth-order valence-corrected chi connectivity index (χ4v) is 4.76. The summed E-state index contributed by atoms with van der Waals surface area (Å²) < 4.78 is 23.0. The van der Waals surface area contributed by atoms with Crippen LogP contribution in [-0.2, 0) is 22.7 Å². The van der Waals surface area contributed by atoms with Gasteiger partial charge in [0.1, 0.15) is 9.84 Å². The number of benzene rings is 1. The summed E-state index contributed by atoms with van der Waals surface area (Å²) >= 11 is 0. The lowest BCUT2D eigenvalue weighted by Crippen LogP contribution is -2.46. The zero-order valence-electron chi connectivity index (χ0n) is 15.9. The summed E-state index contributed by atoms with van der Waals surface area (Å²) in [6, 6.07) is 7.82. The first kappa shape index (κ1) is 18.4. The molecule has 2 N–H and O–H groups in total. The molecule has 2 atom stereocenters. The van der Waals surface area contributed by atoms with Gasteiger partial charge in [0.2, 0.25) is 5.95 Å². The van der Waals surface area contributed by atoms with E-state index < -0.39 is 15.9 Å². The van der Waals surface area contributed by atoms with Crippen LogP contribution in [0.1, 0.15) is 42.6 Å². The lowest BCUT2D eigenvalue weighted by molar-refractivity contribution is 0.470. The Balaban J connectivity index is 1.67. The van der Waals surface area contributed by atoms with Gasteiger partial charge in [-0.05, 0) is 38.2 Å². The highest BCUT2D eigenvalue weighted by molar-refractivity contribution is 7.90. The Bertz CT molecular complexity index is 957. The lowest BCUT2D eigenvalue weighted by Gasteiger charge is -2.39. The van der Waals surface area contributed by atoms with Crippen LogP contribution in [-0.4, -0.2) is 43.0 Å². The molecule has 1 aliphatic heterocycles.